The van der Waals surface area contributed by atoms with E-state index in [9.17, 15) is 0 Å². The van der Waals surface area contributed by atoms with Gasteiger partial charge in [-0.15, -0.1) is 5.10 Å². The van der Waals surface area contributed by atoms with Gasteiger partial charge in [-0.2, -0.15) is 4.98 Å². The highest BCUT2D eigenvalue weighted by atomic mass is 16.5. The van der Waals surface area contributed by atoms with Crippen LogP contribution in [0.15, 0.2) is 152 Å². The number of methoxy groups -OCH3 is 1. The average Bonchev–Trinajstić information content (AvgIpc) is 3.82. The van der Waals surface area contributed by atoms with E-state index in [1.807, 2.05) is 41.1 Å². The largest absolute Gasteiger partial charge is 0.481 e. The van der Waals surface area contributed by atoms with Crippen LogP contribution in [0.3, 0.4) is 0 Å². The topological polar surface area (TPSA) is 83.5 Å². The second-order valence-electron chi connectivity index (χ2n) is 12.5. The summed E-state index contributed by atoms with van der Waals surface area (Å²) in [5.41, 5.74) is 8.25. The third kappa shape index (κ3) is 5.74. The molecule has 0 aliphatic rings. The minimum Gasteiger partial charge on any atom is -0.481 e. The molecule has 8 rings (SSSR count). The lowest BCUT2D eigenvalue weighted by Crippen LogP contribution is -2.39. The molecule has 0 amide bonds. The van der Waals surface area contributed by atoms with Gasteiger partial charge >= 0.3 is 0 Å². The van der Waals surface area contributed by atoms with E-state index in [0.717, 1.165) is 57.6 Å². The van der Waals surface area contributed by atoms with Crippen LogP contribution in [0, 0.1) is 0 Å². The lowest BCUT2D eigenvalue weighted by Gasteiger charge is -2.36. The summed E-state index contributed by atoms with van der Waals surface area (Å²) in [6.07, 6.45) is 1.87. The standard InChI is InChI=1S/C43H37N7O/c1-3-15-39-44-41-38(28-29-40(45-41)51-2)49(39)30-31-24-26-32(27-25-31)36-22-13-14-23-37(36)42-46-47-48-50(42)43(33-16-7-4-8-17-33,34-18-9-5-10-19-34)35-20-11-6-12-21-35/h4-14,16-29H,3,15,30H2,1-2H3. The molecule has 0 saturated carbocycles. The zero-order valence-electron chi connectivity index (χ0n) is 28.6. The number of pyridine rings is 1. The summed E-state index contributed by atoms with van der Waals surface area (Å²) in [6, 6.07) is 52.5. The minimum atomic E-state index is -0.845. The molecule has 0 unspecified atom stereocenters. The quantitative estimate of drug-likeness (QED) is 0.129. The summed E-state index contributed by atoms with van der Waals surface area (Å²) in [5, 5.41) is 13.8. The van der Waals surface area contributed by atoms with Crippen molar-refractivity contribution >= 4 is 11.2 Å². The van der Waals surface area contributed by atoms with E-state index in [1.54, 1.807) is 7.11 Å². The number of hydrogen-bond donors (Lipinski definition) is 0. The van der Waals surface area contributed by atoms with Gasteiger partial charge in [0.1, 0.15) is 11.4 Å². The van der Waals surface area contributed by atoms with Gasteiger partial charge in [-0.3, -0.25) is 0 Å². The van der Waals surface area contributed by atoms with Crippen molar-refractivity contribution < 1.29 is 4.74 Å². The van der Waals surface area contributed by atoms with E-state index in [-0.39, 0.29) is 0 Å². The maximum atomic E-state index is 5.36. The Balaban J connectivity index is 1.23. The van der Waals surface area contributed by atoms with Crippen molar-refractivity contribution in [3.05, 3.63) is 180 Å². The van der Waals surface area contributed by atoms with E-state index in [1.165, 1.54) is 5.56 Å². The van der Waals surface area contributed by atoms with Crippen LogP contribution in [-0.4, -0.2) is 41.9 Å². The molecule has 3 heterocycles. The van der Waals surface area contributed by atoms with Gasteiger partial charge in [-0.1, -0.05) is 146 Å². The molecule has 0 N–H and O–H groups in total. The molecule has 0 aliphatic carbocycles. The monoisotopic (exact) mass is 667 g/mol. The number of aryl methyl sites for hydroxylation is 1. The molecular weight excluding hydrogens is 631 g/mol. The number of tetrazole rings is 1. The summed E-state index contributed by atoms with van der Waals surface area (Å²) < 4.78 is 9.61. The molecule has 8 aromatic rings. The van der Waals surface area contributed by atoms with Crippen LogP contribution in [0.2, 0.25) is 0 Å². The van der Waals surface area contributed by atoms with Gasteiger partial charge < -0.3 is 9.30 Å². The van der Waals surface area contributed by atoms with Crippen molar-refractivity contribution in [2.75, 3.05) is 7.11 Å². The summed E-state index contributed by atoms with van der Waals surface area (Å²) in [5.74, 6) is 2.26. The molecule has 0 bridgehead atoms. The molecular formula is C43H37N7O. The van der Waals surface area contributed by atoms with Crippen molar-refractivity contribution in [2.24, 2.45) is 0 Å². The number of nitrogens with zero attached hydrogens (tertiary/aromatic N) is 7. The SMILES string of the molecule is CCCc1nc2nc(OC)ccc2n1Cc1ccc(-c2ccccc2-c2nnnn2C(c2ccccc2)(c2ccccc2)c2ccccc2)cc1. The zero-order valence-corrected chi connectivity index (χ0v) is 28.6. The first-order valence-electron chi connectivity index (χ1n) is 17.2. The number of benzene rings is 5. The maximum absolute atomic E-state index is 5.36. The van der Waals surface area contributed by atoms with Crippen LogP contribution in [0.25, 0.3) is 33.7 Å². The van der Waals surface area contributed by atoms with Crippen molar-refractivity contribution in [2.45, 2.75) is 31.8 Å². The zero-order chi connectivity index (χ0) is 34.6. The molecule has 0 radical (unpaired) electrons. The molecule has 3 aromatic heterocycles. The second kappa shape index (κ2) is 13.8. The number of rotatable bonds is 11. The molecule has 0 fully saturated rings. The van der Waals surface area contributed by atoms with Crippen LogP contribution in [0.4, 0.5) is 0 Å². The molecule has 250 valence electrons. The highest BCUT2D eigenvalue weighted by Gasteiger charge is 2.42. The van der Waals surface area contributed by atoms with Crippen molar-refractivity contribution in [3.63, 3.8) is 0 Å². The Morgan fingerprint density at radius 3 is 1.80 bits per heavy atom. The Labute approximate surface area is 297 Å². The molecule has 0 atom stereocenters. The van der Waals surface area contributed by atoms with Gasteiger partial charge in [0.15, 0.2) is 11.5 Å². The van der Waals surface area contributed by atoms with Gasteiger partial charge in [0.2, 0.25) is 5.88 Å². The average molecular weight is 668 g/mol. The second-order valence-corrected chi connectivity index (χ2v) is 12.5. The molecule has 51 heavy (non-hydrogen) atoms. The van der Waals surface area contributed by atoms with Crippen LogP contribution in [-0.2, 0) is 18.5 Å². The van der Waals surface area contributed by atoms with Crippen LogP contribution >= 0.6 is 0 Å². The lowest BCUT2D eigenvalue weighted by molar-refractivity contribution is 0.399. The van der Waals surface area contributed by atoms with Gasteiger partial charge in [0.05, 0.1) is 12.6 Å². The van der Waals surface area contributed by atoms with E-state index in [2.05, 4.69) is 137 Å². The summed E-state index contributed by atoms with van der Waals surface area (Å²) in [4.78, 5) is 9.45. The van der Waals surface area contributed by atoms with Crippen LogP contribution in [0.1, 0.15) is 41.4 Å². The van der Waals surface area contributed by atoms with Crippen molar-refractivity contribution in [1.82, 2.24) is 34.7 Å². The third-order valence-corrected chi connectivity index (χ3v) is 9.48. The molecule has 8 nitrogen and oxygen atoms in total. The normalized spacial score (nSPS) is 11.6. The summed E-state index contributed by atoms with van der Waals surface area (Å²) in [7, 11) is 1.63. The van der Waals surface area contributed by atoms with Gasteiger partial charge in [-0.05, 0) is 56.3 Å². The predicted molar refractivity (Wildman–Crippen MR) is 200 cm³/mol. The number of imidazole rings is 1. The van der Waals surface area contributed by atoms with E-state index in [0.29, 0.717) is 23.9 Å². The Hall–Kier alpha value is -6.41. The fourth-order valence-corrected chi connectivity index (χ4v) is 7.13. The summed E-state index contributed by atoms with van der Waals surface area (Å²) >= 11 is 0. The van der Waals surface area contributed by atoms with E-state index < -0.39 is 5.54 Å². The van der Waals surface area contributed by atoms with Gasteiger partial charge in [-0.25, -0.2) is 9.67 Å². The lowest BCUT2D eigenvalue weighted by atomic mass is 9.77. The predicted octanol–water partition coefficient (Wildman–Crippen LogP) is 8.60. The van der Waals surface area contributed by atoms with Crippen molar-refractivity contribution in [1.29, 1.82) is 0 Å². The Bertz CT molecular complexity index is 2290. The van der Waals surface area contributed by atoms with Gasteiger partial charge in [0.25, 0.3) is 0 Å². The Morgan fingerprint density at radius 1 is 0.627 bits per heavy atom. The highest BCUT2D eigenvalue weighted by molar-refractivity contribution is 5.81. The number of ether oxygens (including phenoxy) is 1. The number of fused-ring (bicyclic) bond motifs is 1. The molecule has 0 aliphatic heterocycles. The third-order valence-electron chi connectivity index (χ3n) is 9.48. The summed E-state index contributed by atoms with van der Waals surface area (Å²) in [6.45, 7) is 2.86. The number of hydrogen-bond acceptors (Lipinski definition) is 6. The smallest absolute Gasteiger partial charge is 0.215 e. The molecule has 5 aromatic carbocycles. The maximum Gasteiger partial charge on any atom is 0.215 e. The molecule has 0 spiro atoms. The first-order valence-corrected chi connectivity index (χ1v) is 17.2. The molecule has 0 saturated heterocycles. The van der Waals surface area contributed by atoms with Crippen molar-refractivity contribution in [3.8, 4) is 28.4 Å². The van der Waals surface area contributed by atoms with Crippen LogP contribution in [0.5, 0.6) is 5.88 Å². The Morgan fingerprint density at radius 2 is 1.22 bits per heavy atom. The fraction of sp³-hybridized carbons (Fsp3) is 0.140. The number of aromatic nitrogens is 7. The van der Waals surface area contributed by atoms with Gasteiger partial charge in [0, 0.05) is 24.6 Å². The van der Waals surface area contributed by atoms with Crippen LogP contribution < -0.4 is 4.74 Å². The first kappa shape index (κ1) is 31.8. The van der Waals surface area contributed by atoms with E-state index in [4.69, 9.17) is 20.0 Å². The Kier molecular flexibility index (Phi) is 8.64. The minimum absolute atomic E-state index is 0.567. The van der Waals surface area contributed by atoms with E-state index >= 15 is 0 Å². The fourth-order valence-electron chi connectivity index (χ4n) is 7.13. The molecule has 8 heteroatoms. The first-order chi connectivity index (χ1) is 25.2. The highest BCUT2D eigenvalue weighted by Crippen LogP contribution is 2.43.